The Balaban J connectivity index is 1.70. The maximum Gasteiger partial charge on any atom is 0.249 e. The van der Waals surface area contributed by atoms with Crippen molar-refractivity contribution in [2.45, 2.75) is 25.3 Å². The lowest BCUT2D eigenvalue weighted by atomic mass is 9.97. The van der Waals surface area contributed by atoms with Gasteiger partial charge in [-0.2, -0.15) is 0 Å². The van der Waals surface area contributed by atoms with Crippen molar-refractivity contribution in [2.24, 2.45) is 0 Å². The molecule has 1 atom stereocenters. The molecule has 2 aromatic rings. The van der Waals surface area contributed by atoms with E-state index < -0.39 is 0 Å². The van der Waals surface area contributed by atoms with Crippen LogP contribution in [0.25, 0.3) is 11.1 Å². The van der Waals surface area contributed by atoms with Crippen LogP contribution in [0.2, 0.25) is 0 Å². The van der Waals surface area contributed by atoms with E-state index in [-0.39, 0.29) is 17.9 Å². The molecule has 1 unspecified atom stereocenters. The number of anilines is 1. The van der Waals surface area contributed by atoms with Crippen LogP contribution >= 0.6 is 0 Å². The normalized spacial score (nSPS) is 20.3. The van der Waals surface area contributed by atoms with E-state index in [1.165, 1.54) is 16.7 Å². The summed E-state index contributed by atoms with van der Waals surface area (Å²) in [4.78, 5) is 25.7. The average molecular weight is 306 g/mol. The molecule has 0 bridgehead atoms. The summed E-state index contributed by atoms with van der Waals surface area (Å²) in [7, 11) is 0. The number of carbonyl (C=O) groups excluding carboxylic acids is 2. The first-order valence-electron chi connectivity index (χ1n) is 8.02. The zero-order valence-corrected chi connectivity index (χ0v) is 12.8. The van der Waals surface area contributed by atoms with Gasteiger partial charge in [-0.1, -0.05) is 42.5 Å². The number of benzene rings is 2. The Morgan fingerprint density at radius 2 is 1.78 bits per heavy atom. The molecular weight excluding hydrogens is 288 g/mol. The van der Waals surface area contributed by atoms with Crippen LogP contribution in [0.4, 0.5) is 5.69 Å². The molecule has 2 heterocycles. The minimum Gasteiger partial charge on any atom is -0.359 e. The van der Waals surface area contributed by atoms with Crippen molar-refractivity contribution in [1.82, 2.24) is 5.32 Å². The van der Waals surface area contributed by atoms with Crippen LogP contribution in [0, 0.1) is 0 Å². The van der Waals surface area contributed by atoms with Crippen LogP contribution in [0.15, 0.2) is 48.5 Å². The summed E-state index contributed by atoms with van der Waals surface area (Å²) in [6.07, 6.45) is 1.94. The summed E-state index contributed by atoms with van der Waals surface area (Å²) in [5, 5.41) is 2.46. The van der Waals surface area contributed by atoms with Gasteiger partial charge in [0.15, 0.2) is 0 Å². The number of imide groups is 1. The van der Waals surface area contributed by atoms with E-state index >= 15 is 0 Å². The largest absolute Gasteiger partial charge is 0.359 e. The number of amides is 2. The highest BCUT2D eigenvalue weighted by molar-refractivity contribution is 6.02. The van der Waals surface area contributed by atoms with E-state index in [4.69, 9.17) is 0 Å². The van der Waals surface area contributed by atoms with Crippen LogP contribution in [-0.4, -0.2) is 24.4 Å². The summed E-state index contributed by atoms with van der Waals surface area (Å²) >= 11 is 0. The predicted molar refractivity (Wildman–Crippen MR) is 89.1 cm³/mol. The maximum atomic E-state index is 12.2. The lowest BCUT2D eigenvalue weighted by Gasteiger charge is -2.31. The Kier molecular flexibility index (Phi) is 3.37. The van der Waals surface area contributed by atoms with E-state index in [2.05, 4.69) is 34.5 Å². The first-order valence-corrected chi connectivity index (χ1v) is 8.02. The van der Waals surface area contributed by atoms with Gasteiger partial charge in [0, 0.05) is 18.7 Å². The van der Waals surface area contributed by atoms with Gasteiger partial charge in [0.05, 0.1) is 0 Å². The van der Waals surface area contributed by atoms with Crippen LogP contribution in [0.1, 0.15) is 18.4 Å². The molecule has 0 aliphatic carbocycles. The number of hydrogen-bond acceptors (Lipinski definition) is 3. The topological polar surface area (TPSA) is 49.4 Å². The highest BCUT2D eigenvalue weighted by atomic mass is 16.2. The molecule has 4 heteroatoms. The third-order valence-corrected chi connectivity index (χ3v) is 4.73. The minimum atomic E-state index is -0.236. The van der Waals surface area contributed by atoms with Gasteiger partial charge in [0.25, 0.3) is 0 Å². The van der Waals surface area contributed by atoms with E-state index in [1.807, 2.05) is 24.3 Å². The lowest BCUT2D eigenvalue weighted by molar-refractivity contribution is -0.134. The zero-order valence-electron chi connectivity index (χ0n) is 12.8. The van der Waals surface area contributed by atoms with Crippen molar-refractivity contribution in [3.05, 3.63) is 54.1 Å². The Morgan fingerprint density at radius 1 is 0.957 bits per heavy atom. The molecule has 0 spiro atoms. The number of carbonyl (C=O) groups is 2. The lowest BCUT2D eigenvalue weighted by Crippen LogP contribution is -2.52. The van der Waals surface area contributed by atoms with E-state index in [0.29, 0.717) is 12.8 Å². The molecule has 1 fully saturated rings. The molecule has 1 N–H and O–H groups in total. The predicted octanol–water partition coefficient (Wildman–Crippen LogP) is 2.52. The number of hydrogen-bond donors (Lipinski definition) is 1. The number of rotatable bonds is 2. The van der Waals surface area contributed by atoms with Gasteiger partial charge in [-0.25, -0.2) is 0 Å². The van der Waals surface area contributed by atoms with Crippen LogP contribution in [-0.2, 0) is 16.0 Å². The third kappa shape index (κ3) is 2.40. The van der Waals surface area contributed by atoms with Gasteiger partial charge in [-0.15, -0.1) is 0 Å². The summed E-state index contributed by atoms with van der Waals surface area (Å²) < 4.78 is 0. The second kappa shape index (κ2) is 5.54. The summed E-state index contributed by atoms with van der Waals surface area (Å²) in [6, 6.07) is 16.4. The van der Waals surface area contributed by atoms with E-state index in [0.717, 1.165) is 18.7 Å². The number of nitrogens with zero attached hydrogens (tertiary/aromatic N) is 1. The average Bonchev–Trinajstić information content (AvgIpc) is 2.99. The summed E-state index contributed by atoms with van der Waals surface area (Å²) in [6.45, 7) is 0.825. The molecule has 0 aromatic heterocycles. The first kappa shape index (κ1) is 14.0. The fourth-order valence-electron chi connectivity index (χ4n) is 3.65. The van der Waals surface area contributed by atoms with Gasteiger partial charge < -0.3 is 4.90 Å². The van der Waals surface area contributed by atoms with Gasteiger partial charge in [-0.05, 0) is 35.6 Å². The maximum absolute atomic E-state index is 12.2. The molecule has 2 aromatic carbocycles. The minimum absolute atomic E-state index is 0.163. The third-order valence-electron chi connectivity index (χ3n) is 4.73. The van der Waals surface area contributed by atoms with E-state index in [1.54, 1.807) is 0 Å². The Labute approximate surface area is 135 Å². The number of nitrogens with one attached hydrogen (secondary N) is 1. The van der Waals surface area contributed by atoms with Gasteiger partial charge in [0.1, 0.15) is 6.04 Å². The van der Waals surface area contributed by atoms with Crippen LogP contribution in [0.5, 0.6) is 0 Å². The SMILES string of the molecule is O=C1CCC(N2CCc3c(-c4ccccc4)cccc32)C(=O)N1. The molecule has 0 radical (unpaired) electrons. The van der Waals surface area contributed by atoms with Crippen molar-refractivity contribution in [3.8, 4) is 11.1 Å². The molecule has 116 valence electrons. The Bertz CT molecular complexity index is 770. The second-order valence-corrected chi connectivity index (χ2v) is 6.08. The van der Waals surface area contributed by atoms with Crippen molar-refractivity contribution in [3.63, 3.8) is 0 Å². The quantitative estimate of drug-likeness (QED) is 0.867. The van der Waals surface area contributed by atoms with Gasteiger partial charge >= 0.3 is 0 Å². The van der Waals surface area contributed by atoms with Crippen molar-refractivity contribution in [2.75, 3.05) is 11.4 Å². The highest BCUT2D eigenvalue weighted by Gasteiger charge is 2.35. The molecule has 4 rings (SSSR count). The monoisotopic (exact) mass is 306 g/mol. The van der Waals surface area contributed by atoms with Crippen LogP contribution in [0.3, 0.4) is 0 Å². The summed E-state index contributed by atoms with van der Waals surface area (Å²) in [5.74, 6) is -0.331. The molecule has 0 saturated carbocycles. The molecule has 2 aliphatic rings. The molecule has 2 amide bonds. The first-order chi connectivity index (χ1) is 11.2. The molecule has 2 aliphatic heterocycles. The Morgan fingerprint density at radius 3 is 2.57 bits per heavy atom. The van der Waals surface area contributed by atoms with E-state index in [9.17, 15) is 9.59 Å². The summed E-state index contributed by atoms with van der Waals surface area (Å²) in [5.41, 5.74) is 4.86. The van der Waals surface area contributed by atoms with Gasteiger partial charge in [-0.3, -0.25) is 14.9 Å². The highest BCUT2D eigenvalue weighted by Crippen LogP contribution is 2.38. The number of fused-ring (bicyclic) bond motifs is 1. The fourth-order valence-corrected chi connectivity index (χ4v) is 3.65. The van der Waals surface area contributed by atoms with Crippen molar-refractivity contribution in [1.29, 1.82) is 0 Å². The number of piperidine rings is 1. The molecule has 4 nitrogen and oxygen atoms in total. The van der Waals surface area contributed by atoms with Crippen molar-refractivity contribution >= 4 is 17.5 Å². The van der Waals surface area contributed by atoms with Gasteiger partial charge in [0.2, 0.25) is 11.8 Å². The Hall–Kier alpha value is -2.62. The zero-order chi connectivity index (χ0) is 15.8. The standard InChI is InChI=1S/C19H18N2O2/c22-18-10-9-17(19(23)20-18)21-12-11-15-14(7-4-8-16(15)21)13-5-2-1-3-6-13/h1-8,17H,9-12H2,(H,20,22,23). The molecule has 1 saturated heterocycles. The van der Waals surface area contributed by atoms with Crippen LogP contribution < -0.4 is 10.2 Å². The molecule has 23 heavy (non-hydrogen) atoms. The smallest absolute Gasteiger partial charge is 0.249 e. The van der Waals surface area contributed by atoms with Crippen molar-refractivity contribution < 1.29 is 9.59 Å². The second-order valence-electron chi connectivity index (χ2n) is 6.08. The molecular formula is C19H18N2O2. The fraction of sp³-hybridized carbons (Fsp3) is 0.263.